The molecule has 3 rings (SSSR count). The maximum Gasteiger partial charge on any atom is 0.321 e. The van der Waals surface area contributed by atoms with Crippen LogP contribution in [0, 0.1) is 5.92 Å². The molecule has 1 aliphatic heterocycles. The number of esters is 1. The third-order valence-electron chi connectivity index (χ3n) is 5.19. The molecule has 2 aliphatic rings. The molecule has 154 valence electrons. The van der Waals surface area contributed by atoms with E-state index in [1.807, 2.05) is 0 Å². The first-order valence-corrected chi connectivity index (χ1v) is 10.9. The van der Waals surface area contributed by atoms with Crippen molar-refractivity contribution in [2.24, 2.45) is 5.92 Å². The molecule has 1 saturated heterocycles. The Morgan fingerprint density at radius 3 is 2.79 bits per heavy atom. The first kappa shape index (κ1) is 20.6. The van der Waals surface area contributed by atoms with Gasteiger partial charge in [-0.15, -0.1) is 11.3 Å². The maximum absolute atomic E-state index is 12.6. The van der Waals surface area contributed by atoms with Crippen LogP contribution in [0.25, 0.3) is 0 Å². The van der Waals surface area contributed by atoms with E-state index in [0.29, 0.717) is 30.5 Å². The third-order valence-corrected chi connectivity index (χ3v) is 6.00. The molecular weight excluding hydrogens is 380 g/mol. The SMILES string of the molecule is CCOC(=O)C1CCCN(C(=O)Cc2csc(NC(=O)NC3CCCC3)n2)C1. The van der Waals surface area contributed by atoms with Crippen LogP contribution in [0.3, 0.4) is 0 Å². The lowest BCUT2D eigenvalue weighted by Crippen LogP contribution is -2.43. The van der Waals surface area contributed by atoms with E-state index in [0.717, 1.165) is 38.5 Å². The zero-order valence-electron chi connectivity index (χ0n) is 16.2. The molecule has 2 heterocycles. The number of nitrogens with zero attached hydrogens (tertiary/aromatic N) is 2. The van der Waals surface area contributed by atoms with Gasteiger partial charge in [-0.25, -0.2) is 9.78 Å². The van der Waals surface area contributed by atoms with E-state index in [1.165, 1.54) is 11.3 Å². The van der Waals surface area contributed by atoms with E-state index in [1.54, 1.807) is 17.2 Å². The number of thiazole rings is 1. The van der Waals surface area contributed by atoms with Crippen molar-refractivity contribution in [2.75, 3.05) is 25.0 Å². The first-order chi connectivity index (χ1) is 13.5. The molecule has 1 aromatic heterocycles. The fourth-order valence-corrected chi connectivity index (χ4v) is 4.46. The monoisotopic (exact) mass is 408 g/mol. The molecule has 1 atom stereocenters. The van der Waals surface area contributed by atoms with Gasteiger partial charge in [-0.2, -0.15) is 0 Å². The number of anilines is 1. The normalized spacial score (nSPS) is 20.0. The van der Waals surface area contributed by atoms with Gasteiger partial charge in [-0.3, -0.25) is 14.9 Å². The highest BCUT2D eigenvalue weighted by Gasteiger charge is 2.29. The number of carbonyl (C=O) groups is 3. The third kappa shape index (κ3) is 5.67. The number of carbonyl (C=O) groups excluding carboxylic acids is 3. The summed E-state index contributed by atoms with van der Waals surface area (Å²) in [7, 11) is 0. The highest BCUT2D eigenvalue weighted by atomic mass is 32.1. The molecule has 28 heavy (non-hydrogen) atoms. The van der Waals surface area contributed by atoms with Crippen molar-refractivity contribution < 1.29 is 19.1 Å². The first-order valence-electron chi connectivity index (χ1n) is 10.0. The number of amides is 3. The van der Waals surface area contributed by atoms with Crippen LogP contribution >= 0.6 is 11.3 Å². The number of hydrogen-bond acceptors (Lipinski definition) is 6. The molecule has 0 bridgehead atoms. The van der Waals surface area contributed by atoms with E-state index in [-0.39, 0.29) is 36.3 Å². The summed E-state index contributed by atoms with van der Waals surface area (Å²) in [6.07, 6.45) is 6.06. The molecule has 2 N–H and O–H groups in total. The van der Waals surface area contributed by atoms with Gasteiger partial charge in [0.05, 0.1) is 24.6 Å². The van der Waals surface area contributed by atoms with Crippen LogP contribution in [-0.2, 0) is 20.7 Å². The molecular formula is C19H28N4O4S. The minimum atomic E-state index is -0.246. The predicted molar refractivity (Wildman–Crippen MR) is 106 cm³/mol. The number of hydrogen-bond donors (Lipinski definition) is 2. The maximum atomic E-state index is 12.6. The van der Waals surface area contributed by atoms with Crippen molar-refractivity contribution in [3.8, 4) is 0 Å². The van der Waals surface area contributed by atoms with Gasteiger partial charge in [0.15, 0.2) is 5.13 Å². The number of urea groups is 1. The van der Waals surface area contributed by atoms with E-state index in [9.17, 15) is 14.4 Å². The summed E-state index contributed by atoms with van der Waals surface area (Å²) in [5, 5.41) is 7.98. The average Bonchev–Trinajstić information content (AvgIpc) is 3.34. The summed E-state index contributed by atoms with van der Waals surface area (Å²) in [4.78, 5) is 42.6. The molecule has 3 amide bonds. The molecule has 8 nitrogen and oxygen atoms in total. The van der Waals surface area contributed by atoms with Gasteiger partial charge in [0.25, 0.3) is 0 Å². The minimum Gasteiger partial charge on any atom is -0.466 e. The van der Waals surface area contributed by atoms with Gasteiger partial charge in [-0.1, -0.05) is 12.8 Å². The van der Waals surface area contributed by atoms with Gasteiger partial charge in [0, 0.05) is 24.5 Å². The van der Waals surface area contributed by atoms with Crippen LogP contribution in [-0.4, -0.2) is 53.5 Å². The Bertz CT molecular complexity index is 702. The molecule has 0 spiro atoms. The van der Waals surface area contributed by atoms with E-state index >= 15 is 0 Å². The zero-order valence-corrected chi connectivity index (χ0v) is 17.1. The number of piperidine rings is 1. The highest BCUT2D eigenvalue weighted by Crippen LogP contribution is 2.21. The zero-order chi connectivity index (χ0) is 19.9. The highest BCUT2D eigenvalue weighted by molar-refractivity contribution is 7.13. The molecule has 0 aromatic carbocycles. The molecule has 2 fully saturated rings. The van der Waals surface area contributed by atoms with E-state index in [4.69, 9.17) is 4.74 Å². The Hall–Kier alpha value is -2.16. The Morgan fingerprint density at radius 1 is 1.25 bits per heavy atom. The Morgan fingerprint density at radius 2 is 2.04 bits per heavy atom. The van der Waals surface area contributed by atoms with Crippen LogP contribution in [0.15, 0.2) is 5.38 Å². The number of ether oxygens (including phenoxy) is 1. The summed E-state index contributed by atoms with van der Waals surface area (Å²) in [6.45, 7) is 3.18. The number of aromatic nitrogens is 1. The van der Waals surface area contributed by atoms with Crippen LogP contribution in [0.5, 0.6) is 0 Å². The Labute approximate surface area is 169 Å². The van der Waals surface area contributed by atoms with Gasteiger partial charge in [0.1, 0.15) is 0 Å². The standard InChI is InChI=1S/C19H28N4O4S/c1-2-27-17(25)13-6-5-9-23(11-13)16(24)10-15-12-28-19(21-15)22-18(26)20-14-7-3-4-8-14/h12-14H,2-11H2,1H3,(H2,20,21,22,26). The molecule has 1 aliphatic carbocycles. The van der Waals surface area contributed by atoms with Crippen molar-refractivity contribution in [3.63, 3.8) is 0 Å². The number of nitrogens with one attached hydrogen (secondary N) is 2. The fraction of sp³-hybridized carbons (Fsp3) is 0.684. The lowest BCUT2D eigenvalue weighted by molar-refractivity contribution is -0.151. The van der Waals surface area contributed by atoms with Gasteiger partial charge in [-0.05, 0) is 32.6 Å². The van der Waals surface area contributed by atoms with Crippen LogP contribution in [0.4, 0.5) is 9.93 Å². The van der Waals surface area contributed by atoms with Gasteiger partial charge >= 0.3 is 12.0 Å². The quantitative estimate of drug-likeness (QED) is 0.705. The summed E-state index contributed by atoms with van der Waals surface area (Å²) >= 11 is 1.31. The van der Waals surface area contributed by atoms with E-state index in [2.05, 4.69) is 15.6 Å². The van der Waals surface area contributed by atoms with Gasteiger partial charge in [0.2, 0.25) is 5.91 Å². The van der Waals surface area contributed by atoms with Crippen LogP contribution < -0.4 is 10.6 Å². The summed E-state index contributed by atoms with van der Waals surface area (Å²) in [5.41, 5.74) is 0.629. The predicted octanol–water partition coefficient (Wildman–Crippen LogP) is 2.55. The van der Waals surface area contributed by atoms with Crippen molar-refractivity contribution in [1.29, 1.82) is 0 Å². The van der Waals surface area contributed by atoms with Crippen molar-refractivity contribution >= 4 is 34.4 Å². The second kappa shape index (κ2) is 9.86. The summed E-state index contributed by atoms with van der Waals surface area (Å²) in [5.74, 6) is -0.528. The smallest absolute Gasteiger partial charge is 0.321 e. The summed E-state index contributed by atoms with van der Waals surface area (Å²) in [6, 6.07) is -0.000101. The van der Waals surface area contributed by atoms with E-state index < -0.39 is 0 Å². The molecule has 1 aromatic rings. The molecule has 1 saturated carbocycles. The molecule has 0 radical (unpaired) electrons. The summed E-state index contributed by atoms with van der Waals surface area (Å²) < 4.78 is 5.08. The second-order valence-electron chi connectivity index (χ2n) is 7.33. The van der Waals surface area contributed by atoms with Crippen molar-refractivity contribution in [2.45, 2.75) is 57.9 Å². The van der Waals surface area contributed by atoms with Crippen LogP contribution in [0.1, 0.15) is 51.1 Å². The minimum absolute atomic E-state index is 0.0544. The number of likely N-dealkylation sites (tertiary alicyclic amines) is 1. The lowest BCUT2D eigenvalue weighted by Gasteiger charge is -2.31. The average molecular weight is 409 g/mol. The van der Waals surface area contributed by atoms with Crippen LogP contribution in [0.2, 0.25) is 0 Å². The molecule has 1 unspecified atom stereocenters. The van der Waals surface area contributed by atoms with Gasteiger partial charge < -0.3 is 15.0 Å². The van der Waals surface area contributed by atoms with Crippen molar-refractivity contribution in [1.82, 2.24) is 15.2 Å². The van der Waals surface area contributed by atoms with Crippen molar-refractivity contribution in [3.05, 3.63) is 11.1 Å². The number of rotatable bonds is 6. The fourth-order valence-electron chi connectivity index (χ4n) is 3.76. The Balaban J connectivity index is 1.47. The lowest BCUT2D eigenvalue weighted by atomic mass is 9.98. The topological polar surface area (TPSA) is 101 Å². The largest absolute Gasteiger partial charge is 0.466 e. The molecule has 9 heteroatoms. The Kier molecular flexibility index (Phi) is 7.24. The second-order valence-corrected chi connectivity index (χ2v) is 8.19.